The van der Waals surface area contributed by atoms with E-state index in [2.05, 4.69) is 41.2 Å². The molecule has 0 bridgehead atoms. The predicted molar refractivity (Wildman–Crippen MR) is 68.3 cm³/mol. The maximum absolute atomic E-state index is 3.36. The molecule has 0 N–H and O–H groups in total. The second-order valence-electron chi connectivity index (χ2n) is 3.14. The van der Waals surface area contributed by atoms with Crippen LogP contribution in [0.15, 0.2) is 12.7 Å². The maximum Gasteiger partial charge on any atom is -0.0473 e. The van der Waals surface area contributed by atoms with E-state index in [1.807, 2.05) is 20.8 Å². The molecule has 84 valence electrons. The van der Waals surface area contributed by atoms with Crippen molar-refractivity contribution in [2.24, 2.45) is 5.92 Å². The molecule has 0 spiro atoms. The van der Waals surface area contributed by atoms with Crippen LogP contribution in [0.1, 0.15) is 68.2 Å². The van der Waals surface area contributed by atoms with Crippen molar-refractivity contribution in [2.45, 2.75) is 68.2 Å². The summed E-state index contributed by atoms with van der Waals surface area (Å²) in [6.07, 6.45) is 4.39. The molecule has 0 nitrogen and oxygen atoms in total. The molecule has 0 radical (unpaired) electrons. The molecular weight excluding hydrogens is 156 g/mol. The van der Waals surface area contributed by atoms with E-state index < -0.39 is 0 Å². The Balaban J connectivity index is -0.0000000431. The van der Waals surface area contributed by atoms with E-state index in [9.17, 15) is 0 Å². The van der Waals surface area contributed by atoms with E-state index in [1.165, 1.54) is 12.8 Å². The summed E-state index contributed by atoms with van der Waals surface area (Å²) < 4.78 is 0. The molecule has 0 rings (SSSR count). The van der Waals surface area contributed by atoms with E-state index in [1.54, 1.807) is 6.08 Å². The summed E-state index contributed by atoms with van der Waals surface area (Å²) >= 11 is 0. The number of hydrogen-bond donors (Lipinski definition) is 0. The Hall–Kier alpha value is -0.260. The zero-order valence-corrected chi connectivity index (χ0v) is 11.3. The molecule has 0 saturated heterocycles. The normalized spacial score (nSPS) is 6.54. The zero-order chi connectivity index (χ0) is 11.7. The molecule has 0 aliphatic carbocycles. The standard InChI is InChI=1S/2C4H10.C3H6.C2H6/c1-4(2)3;1-3-4-2;1-3-2;1-2/h4H,1-3H3;3-4H2,1-2H3;3H,1H2,2H3;1-2H3. The lowest BCUT2D eigenvalue weighted by Gasteiger charge is -1.79. The lowest BCUT2D eigenvalue weighted by atomic mass is 10.3. The van der Waals surface area contributed by atoms with Gasteiger partial charge in [-0.1, -0.05) is 67.4 Å². The Morgan fingerprint density at radius 1 is 1.00 bits per heavy atom. The van der Waals surface area contributed by atoms with Gasteiger partial charge in [0.05, 0.1) is 0 Å². The van der Waals surface area contributed by atoms with Crippen molar-refractivity contribution < 1.29 is 0 Å². The molecule has 0 atom stereocenters. The summed E-state index contributed by atoms with van der Waals surface area (Å²) in [5, 5.41) is 0. The van der Waals surface area contributed by atoms with Crippen molar-refractivity contribution in [3.63, 3.8) is 0 Å². The molecule has 0 saturated carbocycles. The van der Waals surface area contributed by atoms with Gasteiger partial charge < -0.3 is 0 Å². The third-order valence-corrected chi connectivity index (χ3v) is 0.500. The van der Waals surface area contributed by atoms with Crippen molar-refractivity contribution in [1.82, 2.24) is 0 Å². The van der Waals surface area contributed by atoms with Crippen LogP contribution in [0.3, 0.4) is 0 Å². The smallest absolute Gasteiger partial charge is 0.0473 e. The Kier molecular flexibility index (Phi) is 72.7. The van der Waals surface area contributed by atoms with Gasteiger partial charge in [0.2, 0.25) is 0 Å². The summed E-state index contributed by atoms with van der Waals surface area (Å²) in [7, 11) is 0. The van der Waals surface area contributed by atoms with Gasteiger partial charge in [-0.05, 0) is 12.8 Å². The predicted octanol–water partition coefficient (Wildman–Crippen LogP) is 5.69. The third-order valence-electron chi connectivity index (χ3n) is 0.500. The number of allylic oxidation sites excluding steroid dienone is 1. The first-order valence-corrected chi connectivity index (χ1v) is 5.63. The second kappa shape index (κ2) is 41.1. The van der Waals surface area contributed by atoms with E-state index in [0.29, 0.717) is 0 Å². The molecule has 0 unspecified atom stereocenters. The van der Waals surface area contributed by atoms with Gasteiger partial charge in [0.1, 0.15) is 0 Å². The van der Waals surface area contributed by atoms with Crippen LogP contribution in [0.4, 0.5) is 0 Å². The fraction of sp³-hybridized carbons (Fsp3) is 0.846. The van der Waals surface area contributed by atoms with Gasteiger partial charge in [0.25, 0.3) is 0 Å². The van der Waals surface area contributed by atoms with Crippen molar-refractivity contribution in [2.75, 3.05) is 0 Å². The highest BCUT2D eigenvalue weighted by Gasteiger charge is 1.68. The van der Waals surface area contributed by atoms with Gasteiger partial charge in [-0.25, -0.2) is 0 Å². The van der Waals surface area contributed by atoms with Crippen LogP contribution in [-0.4, -0.2) is 0 Å². The lowest BCUT2D eigenvalue weighted by Crippen LogP contribution is -1.66. The van der Waals surface area contributed by atoms with Crippen LogP contribution in [0.25, 0.3) is 0 Å². The minimum Gasteiger partial charge on any atom is -0.103 e. The van der Waals surface area contributed by atoms with Gasteiger partial charge in [-0.2, -0.15) is 0 Å². The summed E-state index contributed by atoms with van der Waals surface area (Å²) in [6, 6.07) is 0. The molecule has 0 heteroatoms. The quantitative estimate of drug-likeness (QED) is 0.464. The summed E-state index contributed by atoms with van der Waals surface area (Å²) in [5.74, 6) is 0.833. The number of unbranched alkanes of at least 4 members (excludes halogenated alkanes) is 1. The third kappa shape index (κ3) is 2030. The Labute approximate surface area is 87.4 Å². The Morgan fingerprint density at radius 3 is 1.08 bits per heavy atom. The highest BCUT2D eigenvalue weighted by Crippen LogP contribution is 1.81. The van der Waals surface area contributed by atoms with Crippen LogP contribution in [-0.2, 0) is 0 Å². The van der Waals surface area contributed by atoms with Gasteiger partial charge in [-0.15, -0.1) is 6.58 Å². The van der Waals surface area contributed by atoms with Crippen LogP contribution in [0.5, 0.6) is 0 Å². The van der Waals surface area contributed by atoms with Crippen molar-refractivity contribution >= 4 is 0 Å². The summed E-state index contributed by atoms with van der Waals surface area (Å²) in [5.41, 5.74) is 0. The fourth-order valence-electron chi connectivity index (χ4n) is 0. The minimum atomic E-state index is 0.833. The summed E-state index contributed by atoms with van der Waals surface area (Å²) in [6.45, 7) is 20.1. The van der Waals surface area contributed by atoms with Gasteiger partial charge in [-0.3, -0.25) is 0 Å². The van der Waals surface area contributed by atoms with Crippen LogP contribution < -0.4 is 0 Å². The first kappa shape index (κ1) is 23.0. The SMILES string of the molecule is C=CC.CC.CC(C)C.CCCC. The first-order valence-electron chi connectivity index (χ1n) is 5.63. The molecule has 0 heterocycles. The molecule has 0 aliphatic heterocycles. The highest BCUT2D eigenvalue weighted by molar-refractivity contribution is 4.51. The molecule has 13 heavy (non-hydrogen) atoms. The van der Waals surface area contributed by atoms with Crippen molar-refractivity contribution in [1.29, 1.82) is 0 Å². The van der Waals surface area contributed by atoms with Crippen LogP contribution in [0.2, 0.25) is 0 Å². The average molecular weight is 188 g/mol. The largest absolute Gasteiger partial charge is 0.103 e. The molecule has 0 fully saturated rings. The molecule has 0 aromatic carbocycles. The minimum absolute atomic E-state index is 0.833. The van der Waals surface area contributed by atoms with Crippen LogP contribution in [0, 0.1) is 5.92 Å². The Morgan fingerprint density at radius 2 is 1.08 bits per heavy atom. The molecule has 0 aromatic heterocycles. The highest BCUT2D eigenvalue weighted by atomic mass is 13.7. The van der Waals surface area contributed by atoms with Crippen LogP contribution >= 0.6 is 0 Å². The molecule has 0 amide bonds. The Bertz CT molecular complexity index is 39.2. The molecular formula is C13H32. The van der Waals surface area contributed by atoms with Gasteiger partial charge in [0, 0.05) is 0 Å². The monoisotopic (exact) mass is 188 g/mol. The van der Waals surface area contributed by atoms with E-state index >= 15 is 0 Å². The number of rotatable bonds is 1. The first-order chi connectivity index (χ1) is 6.06. The number of hydrogen-bond acceptors (Lipinski definition) is 0. The van der Waals surface area contributed by atoms with E-state index in [4.69, 9.17) is 0 Å². The van der Waals surface area contributed by atoms with Crippen molar-refractivity contribution in [3.8, 4) is 0 Å². The van der Waals surface area contributed by atoms with Crippen molar-refractivity contribution in [3.05, 3.63) is 12.7 Å². The zero-order valence-electron chi connectivity index (χ0n) is 11.3. The fourth-order valence-corrected chi connectivity index (χ4v) is 0. The molecule has 0 aliphatic rings. The van der Waals surface area contributed by atoms with Gasteiger partial charge in [0.15, 0.2) is 0 Å². The van der Waals surface area contributed by atoms with Gasteiger partial charge >= 0.3 is 0 Å². The lowest BCUT2D eigenvalue weighted by molar-refractivity contribution is 0.737. The van der Waals surface area contributed by atoms with E-state index in [-0.39, 0.29) is 0 Å². The summed E-state index contributed by atoms with van der Waals surface area (Å²) in [4.78, 5) is 0. The second-order valence-corrected chi connectivity index (χ2v) is 3.14. The molecule has 0 aromatic rings. The van der Waals surface area contributed by atoms with E-state index in [0.717, 1.165) is 5.92 Å². The maximum atomic E-state index is 3.36. The average Bonchev–Trinajstić information content (AvgIpc) is 2.08. The topological polar surface area (TPSA) is 0 Å².